The SMILES string of the molecule is Cc1cc(F)ccc1S(=O)(=O)Nc1nc2ccccc2nc1Nc1ccc(F)cc1Cl. The van der Waals surface area contributed by atoms with Gasteiger partial charge in [0, 0.05) is 0 Å². The van der Waals surface area contributed by atoms with Gasteiger partial charge in [0.05, 0.1) is 26.6 Å². The number of halogens is 3. The van der Waals surface area contributed by atoms with Gasteiger partial charge in [0.1, 0.15) is 11.6 Å². The second kappa shape index (κ2) is 8.09. The number of hydrogen-bond acceptors (Lipinski definition) is 5. The van der Waals surface area contributed by atoms with E-state index >= 15 is 0 Å². The third kappa shape index (κ3) is 4.42. The number of aromatic nitrogens is 2. The molecule has 2 N–H and O–H groups in total. The number of nitrogens with one attached hydrogen (secondary N) is 2. The van der Waals surface area contributed by atoms with Crippen LogP contribution in [0.2, 0.25) is 5.02 Å². The molecule has 31 heavy (non-hydrogen) atoms. The Hall–Kier alpha value is -3.30. The van der Waals surface area contributed by atoms with Gasteiger partial charge in [-0.3, -0.25) is 4.72 Å². The summed E-state index contributed by atoms with van der Waals surface area (Å²) >= 11 is 6.09. The standard InChI is InChI=1S/C21H15ClF2N4O2S/c1-12-10-13(23)7-9-19(12)31(29,30)28-21-20(25-16-8-6-14(24)11-15(16)22)26-17-4-2-3-5-18(17)27-21/h2-11H,1H3,(H,25,26)(H,27,28). The van der Waals surface area contributed by atoms with Crippen molar-refractivity contribution >= 4 is 50.0 Å². The number of nitrogens with zero attached hydrogens (tertiary/aromatic N) is 2. The van der Waals surface area contributed by atoms with Crippen molar-refractivity contribution in [2.45, 2.75) is 11.8 Å². The van der Waals surface area contributed by atoms with Crippen molar-refractivity contribution < 1.29 is 17.2 Å². The molecule has 1 aromatic heterocycles. The van der Waals surface area contributed by atoms with E-state index in [4.69, 9.17) is 11.6 Å². The number of sulfonamides is 1. The molecular weight excluding hydrogens is 446 g/mol. The van der Waals surface area contributed by atoms with Crippen molar-refractivity contribution in [3.63, 3.8) is 0 Å². The lowest BCUT2D eigenvalue weighted by molar-refractivity contribution is 0.598. The third-order valence-corrected chi connectivity index (χ3v) is 6.22. The van der Waals surface area contributed by atoms with Gasteiger partial charge in [-0.2, -0.15) is 0 Å². The quantitative estimate of drug-likeness (QED) is 0.416. The zero-order valence-corrected chi connectivity index (χ0v) is 17.6. The van der Waals surface area contributed by atoms with Gasteiger partial charge in [-0.25, -0.2) is 27.2 Å². The fourth-order valence-corrected chi connectivity index (χ4v) is 4.42. The molecule has 0 aliphatic carbocycles. The average molecular weight is 461 g/mol. The Bertz CT molecular complexity index is 1410. The highest BCUT2D eigenvalue weighted by atomic mass is 35.5. The number of fused-ring (bicyclic) bond motifs is 1. The summed E-state index contributed by atoms with van der Waals surface area (Å²) in [6, 6.07) is 14.0. The predicted molar refractivity (Wildman–Crippen MR) is 116 cm³/mol. The Balaban J connectivity index is 1.81. The number of para-hydroxylation sites is 2. The zero-order valence-electron chi connectivity index (χ0n) is 16.0. The van der Waals surface area contributed by atoms with E-state index in [0.717, 1.165) is 18.2 Å². The zero-order chi connectivity index (χ0) is 22.2. The Morgan fingerprint density at radius 3 is 2.13 bits per heavy atom. The normalized spacial score (nSPS) is 11.5. The molecule has 0 amide bonds. The van der Waals surface area contributed by atoms with Crippen molar-refractivity contribution in [2.24, 2.45) is 0 Å². The first-order valence-corrected chi connectivity index (χ1v) is 10.9. The average Bonchev–Trinajstić information content (AvgIpc) is 2.70. The first kappa shape index (κ1) is 21.0. The van der Waals surface area contributed by atoms with Crippen LogP contribution in [0.1, 0.15) is 5.56 Å². The molecule has 0 aliphatic rings. The van der Waals surface area contributed by atoms with Crippen LogP contribution in [0.4, 0.5) is 26.1 Å². The van der Waals surface area contributed by atoms with E-state index in [2.05, 4.69) is 20.0 Å². The highest BCUT2D eigenvalue weighted by molar-refractivity contribution is 7.92. The highest BCUT2D eigenvalue weighted by Crippen LogP contribution is 2.31. The van der Waals surface area contributed by atoms with Gasteiger partial charge in [-0.1, -0.05) is 23.7 Å². The summed E-state index contributed by atoms with van der Waals surface area (Å²) in [6.45, 7) is 1.49. The molecule has 3 aromatic carbocycles. The van der Waals surface area contributed by atoms with Gasteiger partial charge in [0.15, 0.2) is 11.6 Å². The second-order valence-electron chi connectivity index (χ2n) is 6.67. The molecule has 0 radical (unpaired) electrons. The molecule has 4 aromatic rings. The van der Waals surface area contributed by atoms with Crippen LogP contribution < -0.4 is 10.0 Å². The Morgan fingerprint density at radius 2 is 1.48 bits per heavy atom. The molecule has 0 saturated carbocycles. The van der Waals surface area contributed by atoms with Gasteiger partial charge >= 0.3 is 0 Å². The lowest BCUT2D eigenvalue weighted by Crippen LogP contribution is -2.17. The highest BCUT2D eigenvalue weighted by Gasteiger charge is 2.21. The van der Waals surface area contributed by atoms with Gasteiger partial charge in [0.2, 0.25) is 0 Å². The molecule has 0 aliphatic heterocycles. The molecule has 0 spiro atoms. The molecule has 1 heterocycles. The van der Waals surface area contributed by atoms with Crippen LogP contribution in [0, 0.1) is 18.6 Å². The molecule has 6 nitrogen and oxygen atoms in total. The third-order valence-electron chi connectivity index (χ3n) is 4.41. The lowest BCUT2D eigenvalue weighted by atomic mass is 10.2. The van der Waals surface area contributed by atoms with Crippen molar-refractivity contribution in [3.05, 3.63) is 82.9 Å². The van der Waals surface area contributed by atoms with E-state index in [9.17, 15) is 17.2 Å². The summed E-state index contributed by atoms with van der Waals surface area (Å²) in [5.74, 6) is -1.10. The minimum Gasteiger partial charge on any atom is -0.336 e. The van der Waals surface area contributed by atoms with Crippen molar-refractivity contribution in [1.29, 1.82) is 0 Å². The molecule has 10 heteroatoms. The van der Waals surface area contributed by atoms with Crippen molar-refractivity contribution in [3.8, 4) is 0 Å². The number of benzene rings is 3. The van der Waals surface area contributed by atoms with E-state index in [1.54, 1.807) is 24.3 Å². The molecule has 0 unspecified atom stereocenters. The maximum absolute atomic E-state index is 13.4. The topological polar surface area (TPSA) is 84.0 Å². The van der Waals surface area contributed by atoms with Crippen molar-refractivity contribution in [2.75, 3.05) is 10.0 Å². The van der Waals surface area contributed by atoms with Crippen LogP contribution in [0.15, 0.2) is 65.6 Å². The number of aryl methyl sites for hydroxylation is 1. The first-order valence-electron chi connectivity index (χ1n) is 9.01. The van der Waals surface area contributed by atoms with Crippen LogP contribution >= 0.6 is 11.6 Å². The Kier molecular flexibility index (Phi) is 5.47. The fraction of sp³-hybridized carbons (Fsp3) is 0.0476. The van der Waals surface area contributed by atoms with Crippen LogP contribution in [0.3, 0.4) is 0 Å². The summed E-state index contributed by atoms with van der Waals surface area (Å²) in [7, 11) is -4.11. The van der Waals surface area contributed by atoms with E-state index in [1.807, 2.05) is 0 Å². The first-order chi connectivity index (χ1) is 14.7. The molecule has 0 fully saturated rings. The monoisotopic (exact) mass is 460 g/mol. The van der Waals surface area contributed by atoms with Gasteiger partial charge in [-0.05, 0) is 61.0 Å². The van der Waals surface area contributed by atoms with E-state index in [1.165, 1.54) is 25.1 Å². The molecule has 0 bridgehead atoms. The predicted octanol–water partition coefficient (Wildman–Crippen LogP) is 5.41. The molecule has 0 saturated heterocycles. The lowest BCUT2D eigenvalue weighted by Gasteiger charge is -2.15. The van der Waals surface area contributed by atoms with Gasteiger partial charge < -0.3 is 5.32 Å². The Morgan fingerprint density at radius 1 is 0.871 bits per heavy atom. The second-order valence-corrected chi connectivity index (χ2v) is 8.73. The van der Waals surface area contributed by atoms with Gasteiger partial charge in [-0.15, -0.1) is 0 Å². The minimum atomic E-state index is -4.11. The summed E-state index contributed by atoms with van der Waals surface area (Å²) in [6.07, 6.45) is 0. The summed E-state index contributed by atoms with van der Waals surface area (Å²) in [5.41, 5.74) is 1.50. The largest absolute Gasteiger partial charge is 0.336 e. The number of anilines is 3. The summed E-state index contributed by atoms with van der Waals surface area (Å²) in [5, 5.41) is 2.98. The minimum absolute atomic E-state index is 0.0653. The van der Waals surface area contributed by atoms with E-state index in [0.29, 0.717) is 16.7 Å². The van der Waals surface area contributed by atoms with Crippen LogP contribution in [0.25, 0.3) is 11.0 Å². The van der Waals surface area contributed by atoms with Crippen LogP contribution in [-0.2, 0) is 10.0 Å². The molecule has 158 valence electrons. The number of hydrogen-bond donors (Lipinski definition) is 2. The maximum atomic E-state index is 13.4. The van der Waals surface area contributed by atoms with E-state index in [-0.39, 0.29) is 27.1 Å². The summed E-state index contributed by atoms with van der Waals surface area (Å²) < 4.78 is 55.2. The fourth-order valence-electron chi connectivity index (χ4n) is 2.97. The molecular formula is C21H15ClF2N4O2S. The van der Waals surface area contributed by atoms with E-state index < -0.39 is 21.7 Å². The summed E-state index contributed by atoms with van der Waals surface area (Å²) in [4.78, 5) is 8.70. The van der Waals surface area contributed by atoms with Crippen LogP contribution in [-0.4, -0.2) is 18.4 Å². The van der Waals surface area contributed by atoms with Crippen LogP contribution in [0.5, 0.6) is 0 Å². The Labute approximate surface area is 182 Å². The number of rotatable bonds is 5. The molecule has 4 rings (SSSR count). The van der Waals surface area contributed by atoms with Gasteiger partial charge in [0.25, 0.3) is 10.0 Å². The molecule has 0 atom stereocenters. The maximum Gasteiger partial charge on any atom is 0.263 e. The van der Waals surface area contributed by atoms with Crippen molar-refractivity contribution in [1.82, 2.24) is 9.97 Å². The smallest absolute Gasteiger partial charge is 0.263 e.